The van der Waals surface area contributed by atoms with Gasteiger partial charge in [-0.1, -0.05) is 48.5 Å². The molecule has 1 aliphatic heterocycles. The molecular weight excluding hydrogens is 445 g/mol. The first-order chi connectivity index (χ1) is 16.3. The van der Waals surface area contributed by atoms with Crippen molar-refractivity contribution in [1.82, 2.24) is 20.3 Å². The molecule has 0 spiro atoms. The molecule has 4 rings (SSSR count). The smallest absolute Gasteiger partial charge is 0.357 e. The number of nitrogens with zero attached hydrogens (tertiary/aromatic N) is 4. The molecule has 1 fully saturated rings. The van der Waals surface area contributed by atoms with E-state index in [4.69, 9.17) is 0 Å². The van der Waals surface area contributed by atoms with Gasteiger partial charge in [-0.3, -0.25) is 4.79 Å². The van der Waals surface area contributed by atoms with Gasteiger partial charge in [-0.25, -0.2) is 0 Å². The second-order valence-electron chi connectivity index (χ2n) is 8.06. The number of hydrogen-bond donors (Lipinski definition) is 2. The monoisotopic (exact) mass is 470 g/mol. The Morgan fingerprint density at radius 2 is 1.79 bits per heavy atom. The minimum atomic E-state index is -4.47. The van der Waals surface area contributed by atoms with Gasteiger partial charge in [0.2, 0.25) is 17.8 Å². The molecule has 1 aromatic heterocycles. The third-order valence-electron chi connectivity index (χ3n) is 5.73. The second kappa shape index (κ2) is 10.1. The molecule has 0 bridgehead atoms. The molecule has 2 heterocycles. The van der Waals surface area contributed by atoms with E-state index in [-0.39, 0.29) is 23.9 Å². The first-order valence-electron chi connectivity index (χ1n) is 11.0. The van der Waals surface area contributed by atoms with E-state index in [0.717, 1.165) is 18.1 Å². The normalized spacial score (nSPS) is 16.2. The summed E-state index contributed by atoms with van der Waals surface area (Å²) in [6.45, 7) is 0.856. The number of alkyl halides is 3. The number of anilines is 2. The van der Waals surface area contributed by atoms with Gasteiger partial charge in [0.1, 0.15) is 0 Å². The number of aromatic nitrogens is 3. The highest BCUT2D eigenvalue weighted by molar-refractivity contribution is 5.79. The maximum atomic E-state index is 13.2. The van der Waals surface area contributed by atoms with Crippen molar-refractivity contribution in [3.63, 3.8) is 0 Å². The largest absolute Gasteiger partial charge is 0.416 e. The molecule has 34 heavy (non-hydrogen) atoms. The SMILES string of the molecule is CNc1nc(-c2ccccc2)nc(N2CCCC(C(=O)NCc3ccccc3C(F)(F)F)C2)n1. The lowest BCUT2D eigenvalue weighted by atomic mass is 9.97. The number of nitrogens with one attached hydrogen (secondary N) is 2. The van der Waals surface area contributed by atoms with Crippen LogP contribution in [0.4, 0.5) is 25.1 Å². The summed E-state index contributed by atoms with van der Waals surface area (Å²) in [6.07, 6.45) is -3.10. The molecule has 10 heteroatoms. The van der Waals surface area contributed by atoms with E-state index < -0.39 is 11.7 Å². The van der Waals surface area contributed by atoms with Crippen LogP contribution in [0.5, 0.6) is 0 Å². The molecule has 7 nitrogen and oxygen atoms in total. The predicted molar refractivity (Wildman–Crippen MR) is 123 cm³/mol. The van der Waals surface area contributed by atoms with Gasteiger partial charge in [0.15, 0.2) is 5.82 Å². The Bertz CT molecular complexity index is 1140. The highest BCUT2D eigenvalue weighted by Crippen LogP contribution is 2.32. The van der Waals surface area contributed by atoms with Crippen LogP contribution in [0.3, 0.4) is 0 Å². The highest BCUT2D eigenvalue weighted by Gasteiger charge is 2.33. The molecule has 0 aliphatic carbocycles. The van der Waals surface area contributed by atoms with Crippen molar-refractivity contribution in [1.29, 1.82) is 0 Å². The number of piperidine rings is 1. The number of carbonyl (C=O) groups is 1. The standard InChI is InChI=1S/C24H25F3N6O/c1-28-22-30-20(16-8-3-2-4-9-16)31-23(32-22)33-13-7-11-18(15-33)21(34)29-14-17-10-5-6-12-19(17)24(25,26)27/h2-6,8-10,12,18H,7,11,13-15H2,1H3,(H,29,34)(H,28,30,31,32). The van der Waals surface area contributed by atoms with Gasteiger partial charge in [-0.15, -0.1) is 0 Å². The van der Waals surface area contributed by atoms with Crippen molar-refractivity contribution in [2.75, 3.05) is 30.4 Å². The summed E-state index contributed by atoms with van der Waals surface area (Å²) in [5.41, 5.74) is 0.149. The summed E-state index contributed by atoms with van der Waals surface area (Å²) in [5, 5.41) is 5.63. The van der Waals surface area contributed by atoms with Gasteiger partial charge in [-0.05, 0) is 24.5 Å². The van der Waals surface area contributed by atoms with Crippen LogP contribution >= 0.6 is 0 Å². The van der Waals surface area contributed by atoms with Crippen molar-refractivity contribution >= 4 is 17.8 Å². The molecule has 178 valence electrons. The average Bonchev–Trinajstić information content (AvgIpc) is 2.87. The van der Waals surface area contributed by atoms with Crippen LogP contribution in [-0.2, 0) is 17.5 Å². The van der Waals surface area contributed by atoms with E-state index in [1.807, 2.05) is 35.2 Å². The molecule has 0 radical (unpaired) electrons. The maximum absolute atomic E-state index is 13.2. The van der Waals surface area contributed by atoms with Gasteiger partial charge in [-0.2, -0.15) is 28.1 Å². The summed E-state index contributed by atoms with van der Waals surface area (Å²) in [4.78, 5) is 28.3. The number of rotatable bonds is 6. The third kappa shape index (κ3) is 5.44. The maximum Gasteiger partial charge on any atom is 0.416 e. The van der Waals surface area contributed by atoms with Crippen molar-refractivity contribution in [2.24, 2.45) is 5.92 Å². The first-order valence-corrected chi connectivity index (χ1v) is 11.0. The Kier molecular flexibility index (Phi) is 6.95. The molecule has 3 aromatic rings. The molecular formula is C24H25F3N6O. The van der Waals surface area contributed by atoms with Crippen LogP contribution in [0, 0.1) is 5.92 Å². The Balaban J connectivity index is 1.47. The summed E-state index contributed by atoms with van der Waals surface area (Å²) in [5.74, 6) is 0.720. The molecule has 1 atom stereocenters. The zero-order valence-corrected chi connectivity index (χ0v) is 18.6. The van der Waals surface area contributed by atoms with Gasteiger partial charge in [0, 0.05) is 32.2 Å². The fourth-order valence-electron chi connectivity index (χ4n) is 3.98. The van der Waals surface area contributed by atoms with Crippen LogP contribution in [-0.4, -0.2) is 41.0 Å². The zero-order chi connectivity index (χ0) is 24.1. The van der Waals surface area contributed by atoms with Crippen molar-refractivity contribution in [3.05, 3.63) is 65.7 Å². The number of hydrogen-bond acceptors (Lipinski definition) is 6. The number of benzene rings is 2. The molecule has 1 amide bonds. The Morgan fingerprint density at radius 1 is 1.06 bits per heavy atom. The second-order valence-corrected chi connectivity index (χ2v) is 8.06. The van der Waals surface area contributed by atoms with E-state index in [2.05, 4.69) is 25.6 Å². The predicted octanol–water partition coefficient (Wildman–Crippen LogP) is 4.13. The molecule has 2 aromatic carbocycles. The molecule has 1 unspecified atom stereocenters. The van der Waals surface area contributed by atoms with Crippen molar-refractivity contribution < 1.29 is 18.0 Å². The summed E-state index contributed by atoms with van der Waals surface area (Å²) < 4.78 is 39.7. The fraction of sp³-hybridized carbons (Fsp3) is 0.333. The average molecular weight is 470 g/mol. The van der Waals surface area contributed by atoms with E-state index in [1.54, 1.807) is 7.05 Å². The molecule has 0 saturated carbocycles. The Hall–Kier alpha value is -3.69. The number of carbonyl (C=O) groups excluding carboxylic acids is 1. The van der Waals surface area contributed by atoms with Gasteiger partial charge in [0.05, 0.1) is 11.5 Å². The highest BCUT2D eigenvalue weighted by atomic mass is 19.4. The Labute approximate surface area is 195 Å². The van der Waals surface area contributed by atoms with Crippen LogP contribution in [0.25, 0.3) is 11.4 Å². The van der Waals surface area contributed by atoms with Crippen LogP contribution in [0.1, 0.15) is 24.0 Å². The zero-order valence-electron chi connectivity index (χ0n) is 18.6. The third-order valence-corrected chi connectivity index (χ3v) is 5.73. The lowest BCUT2D eigenvalue weighted by molar-refractivity contribution is -0.138. The summed E-state index contributed by atoms with van der Waals surface area (Å²) in [7, 11) is 1.72. The van der Waals surface area contributed by atoms with E-state index in [1.165, 1.54) is 18.2 Å². The number of halogens is 3. The van der Waals surface area contributed by atoms with Gasteiger partial charge >= 0.3 is 6.18 Å². The van der Waals surface area contributed by atoms with E-state index >= 15 is 0 Å². The quantitative estimate of drug-likeness (QED) is 0.564. The first kappa shape index (κ1) is 23.5. The van der Waals surface area contributed by atoms with Gasteiger partial charge < -0.3 is 15.5 Å². The Morgan fingerprint density at radius 3 is 2.53 bits per heavy atom. The number of amides is 1. The van der Waals surface area contributed by atoms with Crippen LogP contribution in [0.2, 0.25) is 0 Å². The van der Waals surface area contributed by atoms with E-state index in [9.17, 15) is 18.0 Å². The molecule has 1 saturated heterocycles. The minimum Gasteiger partial charge on any atom is -0.357 e. The van der Waals surface area contributed by atoms with Crippen molar-refractivity contribution in [2.45, 2.75) is 25.6 Å². The molecule has 2 N–H and O–H groups in total. The lowest BCUT2D eigenvalue weighted by Crippen LogP contribution is -2.43. The topological polar surface area (TPSA) is 83.0 Å². The van der Waals surface area contributed by atoms with Crippen LogP contribution < -0.4 is 15.5 Å². The summed E-state index contributed by atoms with van der Waals surface area (Å²) in [6, 6.07) is 14.8. The minimum absolute atomic E-state index is 0.0413. The fourth-order valence-corrected chi connectivity index (χ4v) is 3.98. The van der Waals surface area contributed by atoms with Crippen LogP contribution in [0.15, 0.2) is 54.6 Å². The molecule has 1 aliphatic rings. The van der Waals surface area contributed by atoms with Crippen molar-refractivity contribution in [3.8, 4) is 11.4 Å². The lowest BCUT2D eigenvalue weighted by Gasteiger charge is -2.32. The van der Waals surface area contributed by atoms with E-state index in [0.29, 0.717) is 37.2 Å². The summed E-state index contributed by atoms with van der Waals surface area (Å²) >= 11 is 0. The van der Waals surface area contributed by atoms with Gasteiger partial charge in [0.25, 0.3) is 0 Å².